The maximum absolute atomic E-state index is 6.14. The number of ether oxygens (including phenoxy) is 1. The summed E-state index contributed by atoms with van der Waals surface area (Å²) in [5.74, 6) is 1.11. The summed E-state index contributed by atoms with van der Waals surface area (Å²) in [6.45, 7) is 14.6. The smallest absolute Gasteiger partial charge is 0.127 e. The van der Waals surface area contributed by atoms with Crippen LogP contribution in [-0.2, 0) is 13.0 Å². The quantitative estimate of drug-likeness (QED) is 0.901. The highest BCUT2D eigenvalue weighted by Gasteiger charge is 2.64. The van der Waals surface area contributed by atoms with Crippen LogP contribution in [0.15, 0.2) is 18.2 Å². The molecule has 1 saturated carbocycles. The summed E-state index contributed by atoms with van der Waals surface area (Å²) in [6.07, 6.45) is 1.01. The molecule has 0 bridgehead atoms. The Morgan fingerprint density at radius 1 is 1.10 bits per heavy atom. The second-order valence-corrected chi connectivity index (χ2v) is 8.20. The first-order chi connectivity index (χ1) is 9.15. The van der Waals surface area contributed by atoms with Crippen molar-refractivity contribution in [1.29, 1.82) is 0 Å². The largest absolute Gasteiger partial charge is 0.487 e. The van der Waals surface area contributed by atoms with Crippen molar-refractivity contribution in [3.8, 4) is 5.75 Å². The van der Waals surface area contributed by atoms with Crippen LogP contribution in [0, 0.1) is 10.8 Å². The van der Waals surface area contributed by atoms with Gasteiger partial charge < -0.3 is 10.1 Å². The van der Waals surface area contributed by atoms with E-state index in [4.69, 9.17) is 4.74 Å². The third kappa shape index (κ3) is 1.96. The molecule has 1 aromatic carbocycles. The van der Waals surface area contributed by atoms with Gasteiger partial charge in [-0.3, -0.25) is 0 Å². The fourth-order valence-corrected chi connectivity index (χ4v) is 3.74. The average Bonchev–Trinajstić information content (AvgIpc) is 2.60. The second kappa shape index (κ2) is 4.00. The predicted octanol–water partition coefficient (Wildman–Crippen LogP) is 3.92. The molecule has 1 aliphatic carbocycles. The summed E-state index contributed by atoms with van der Waals surface area (Å²) >= 11 is 0. The van der Waals surface area contributed by atoms with E-state index >= 15 is 0 Å². The lowest BCUT2D eigenvalue weighted by atomic mass is 10.0. The van der Waals surface area contributed by atoms with Crippen LogP contribution in [0.2, 0.25) is 0 Å². The maximum Gasteiger partial charge on any atom is 0.127 e. The van der Waals surface area contributed by atoms with Gasteiger partial charge in [0.25, 0.3) is 0 Å². The Bertz CT molecular complexity index is 528. The fourth-order valence-electron chi connectivity index (χ4n) is 3.74. The van der Waals surface area contributed by atoms with E-state index in [0.717, 1.165) is 18.7 Å². The molecule has 1 N–H and O–H groups in total. The van der Waals surface area contributed by atoms with Crippen molar-refractivity contribution in [1.82, 2.24) is 5.32 Å². The fraction of sp³-hybridized carbons (Fsp3) is 0.667. The molecule has 0 atom stereocenters. The first kappa shape index (κ1) is 13.9. The first-order valence-corrected chi connectivity index (χ1v) is 7.68. The molecular formula is C18H27NO. The van der Waals surface area contributed by atoms with Crippen LogP contribution < -0.4 is 10.1 Å². The van der Waals surface area contributed by atoms with E-state index in [0.29, 0.717) is 16.9 Å². The predicted molar refractivity (Wildman–Crippen MR) is 83.0 cm³/mol. The van der Waals surface area contributed by atoms with Crippen LogP contribution in [0.4, 0.5) is 0 Å². The zero-order valence-electron chi connectivity index (χ0n) is 13.6. The minimum Gasteiger partial charge on any atom is -0.487 e. The highest BCUT2D eigenvalue weighted by Crippen LogP contribution is 2.62. The van der Waals surface area contributed by atoms with Crippen molar-refractivity contribution in [3.63, 3.8) is 0 Å². The Morgan fingerprint density at radius 2 is 1.75 bits per heavy atom. The zero-order valence-corrected chi connectivity index (χ0v) is 13.6. The minimum absolute atomic E-state index is 0.0590. The van der Waals surface area contributed by atoms with Gasteiger partial charge >= 0.3 is 0 Å². The Kier molecular flexibility index (Phi) is 2.79. The van der Waals surface area contributed by atoms with E-state index in [1.165, 1.54) is 11.1 Å². The number of benzene rings is 1. The van der Waals surface area contributed by atoms with Gasteiger partial charge in [-0.25, -0.2) is 0 Å². The van der Waals surface area contributed by atoms with E-state index in [1.54, 1.807) is 0 Å². The van der Waals surface area contributed by atoms with E-state index in [9.17, 15) is 0 Å². The summed E-state index contributed by atoms with van der Waals surface area (Å²) in [7, 11) is 0. The molecule has 1 heterocycles. The summed E-state index contributed by atoms with van der Waals surface area (Å²) in [6, 6.07) is 7.12. The van der Waals surface area contributed by atoms with Gasteiger partial charge in [0, 0.05) is 24.6 Å². The van der Waals surface area contributed by atoms with Gasteiger partial charge in [0.05, 0.1) is 0 Å². The second-order valence-electron chi connectivity index (χ2n) is 8.20. The van der Waals surface area contributed by atoms with Gasteiger partial charge in [-0.1, -0.05) is 45.9 Å². The normalized spacial score (nSPS) is 25.1. The molecule has 20 heavy (non-hydrogen) atoms. The number of hydrogen-bond donors (Lipinski definition) is 1. The van der Waals surface area contributed by atoms with Gasteiger partial charge in [-0.2, -0.15) is 0 Å². The summed E-state index contributed by atoms with van der Waals surface area (Å²) in [5.41, 5.74) is 3.35. The Balaban J connectivity index is 1.74. The molecule has 1 aromatic rings. The summed E-state index contributed by atoms with van der Waals surface area (Å²) in [5, 5.41) is 3.73. The Hall–Kier alpha value is -1.02. The molecule has 0 saturated heterocycles. The van der Waals surface area contributed by atoms with E-state index in [1.807, 2.05) is 0 Å². The molecule has 1 aliphatic heterocycles. The molecule has 0 unspecified atom stereocenters. The highest BCUT2D eigenvalue weighted by molar-refractivity contribution is 5.45. The van der Waals surface area contributed by atoms with Crippen molar-refractivity contribution < 1.29 is 4.74 Å². The van der Waals surface area contributed by atoms with Gasteiger partial charge in [0.2, 0.25) is 0 Å². The maximum atomic E-state index is 6.14. The third-order valence-corrected chi connectivity index (χ3v) is 5.69. The monoisotopic (exact) mass is 273 g/mol. The molecule has 0 spiro atoms. The molecule has 2 aliphatic rings. The van der Waals surface area contributed by atoms with Crippen LogP contribution in [0.1, 0.15) is 52.7 Å². The number of rotatable bonds is 3. The lowest BCUT2D eigenvalue weighted by Crippen LogP contribution is -2.25. The van der Waals surface area contributed by atoms with Gasteiger partial charge in [-0.15, -0.1) is 0 Å². The number of para-hydroxylation sites is 1. The Labute approximate surface area is 122 Å². The standard InChI is InChI=1S/C18H27NO/c1-16(2)10-12-8-7-9-13(14(12)20-16)11-19-15-17(3,4)18(15,5)6/h7-9,15,19H,10-11H2,1-6H3. The molecule has 0 amide bonds. The molecular weight excluding hydrogens is 246 g/mol. The van der Waals surface area contributed by atoms with Crippen molar-refractivity contribution in [3.05, 3.63) is 29.3 Å². The SMILES string of the molecule is CC1(C)Cc2cccc(CNC3C(C)(C)C3(C)C)c2O1. The summed E-state index contributed by atoms with van der Waals surface area (Å²) < 4.78 is 6.14. The molecule has 2 heteroatoms. The van der Waals surface area contributed by atoms with Crippen LogP contribution in [0.25, 0.3) is 0 Å². The van der Waals surface area contributed by atoms with E-state index in [-0.39, 0.29) is 5.60 Å². The number of fused-ring (bicyclic) bond motifs is 1. The molecule has 110 valence electrons. The lowest BCUT2D eigenvalue weighted by molar-refractivity contribution is 0.137. The lowest BCUT2D eigenvalue weighted by Gasteiger charge is -2.18. The van der Waals surface area contributed by atoms with Crippen molar-refractivity contribution in [2.75, 3.05) is 0 Å². The topological polar surface area (TPSA) is 21.3 Å². The van der Waals surface area contributed by atoms with Crippen LogP contribution in [0.3, 0.4) is 0 Å². The zero-order chi connectivity index (χ0) is 14.8. The minimum atomic E-state index is -0.0590. The number of nitrogens with one attached hydrogen (secondary N) is 1. The molecule has 1 fully saturated rings. The van der Waals surface area contributed by atoms with Gasteiger partial charge in [0.1, 0.15) is 11.4 Å². The van der Waals surface area contributed by atoms with E-state index in [2.05, 4.69) is 65.1 Å². The summed E-state index contributed by atoms with van der Waals surface area (Å²) in [4.78, 5) is 0. The van der Waals surface area contributed by atoms with Crippen LogP contribution in [0.5, 0.6) is 5.75 Å². The van der Waals surface area contributed by atoms with Gasteiger partial charge in [0.15, 0.2) is 0 Å². The molecule has 3 rings (SSSR count). The Morgan fingerprint density at radius 3 is 2.35 bits per heavy atom. The molecule has 0 radical (unpaired) electrons. The average molecular weight is 273 g/mol. The van der Waals surface area contributed by atoms with Crippen LogP contribution >= 0.6 is 0 Å². The molecule has 2 nitrogen and oxygen atoms in total. The van der Waals surface area contributed by atoms with Crippen molar-refractivity contribution >= 4 is 0 Å². The van der Waals surface area contributed by atoms with Gasteiger partial charge in [-0.05, 0) is 30.2 Å². The van der Waals surface area contributed by atoms with Crippen LogP contribution in [-0.4, -0.2) is 11.6 Å². The number of hydrogen-bond acceptors (Lipinski definition) is 2. The van der Waals surface area contributed by atoms with Crippen molar-refractivity contribution in [2.45, 2.75) is 66.2 Å². The third-order valence-electron chi connectivity index (χ3n) is 5.69. The highest BCUT2D eigenvalue weighted by atomic mass is 16.5. The van der Waals surface area contributed by atoms with Crippen molar-refractivity contribution in [2.24, 2.45) is 10.8 Å². The molecule has 0 aromatic heterocycles. The first-order valence-electron chi connectivity index (χ1n) is 7.68. The van der Waals surface area contributed by atoms with E-state index < -0.39 is 0 Å².